The number of nitrogens with zero attached hydrogens (tertiary/aromatic N) is 2. The molecular weight excluding hydrogens is 326 g/mol. The van der Waals surface area contributed by atoms with E-state index in [1.165, 1.54) is 0 Å². The van der Waals surface area contributed by atoms with Crippen molar-refractivity contribution < 1.29 is 4.79 Å². The molecule has 0 aliphatic carbocycles. The maximum absolute atomic E-state index is 12.8. The van der Waals surface area contributed by atoms with E-state index in [-0.39, 0.29) is 6.03 Å². The molecule has 1 N–H and O–H groups in total. The zero-order chi connectivity index (χ0) is 18.8. The lowest BCUT2D eigenvalue weighted by Crippen LogP contribution is -2.30. The molecule has 132 valence electrons. The summed E-state index contributed by atoms with van der Waals surface area (Å²) >= 11 is 0. The van der Waals surface area contributed by atoms with Crippen LogP contribution in [0.2, 0.25) is 0 Å². The van der Waals surface area contributed by atoms with Gasteiger partial charge in [-0.05, 0) is 53.7 Å². The van der Waals surface area contributed by atoms with Crippen molar-refractivity contribution in [3.8, 4) is 0 Å². The molecule has 0 atom stereocenters. The zero-order valence-corrected chi connectivity index (χ0v) is 14.8. The van der Waals surface area contributed by atoms with Gasteiger partial charge in [-0.3, -0.25) is 4.90 Å². The summed E-state index contributed by atoms with van der Waals surface area (Å²) in [7, 11) is 0. The number of hydrogen-bond acceptors (Lipinski definition) is 3. The van der Waals surface area contributed by atoms with E-state index >= 15 is 0 Å². The van der Waals surface area contributed by atoms with Crippen LogP contribution in [0, 0.1) is 4.91 Å². The van der Waals surface area contributed by atoms with Gasteiger partial charge in [0.2, 0.25) is 0 Å². The summed E-state index contributed by atoms with van der Waals surface area (Å²) in [5.74, 6) is 0. The highest BCUT2D eigenvalue weighted by atomic mass is 16.3. The minimum atomic E-state index is -0.292. The number of rotatable bonds is 4. The number of carbonyl (C=O) groups is 1. The second-order valence-electron chi connectivity index (χ2n) is 5.07. The van der Waals surface area contributed by atoms with Crippen LogP contribution in [0.1, 0.15) is 13.8 Å². The Morgan fingerprint density at radius 3 is 1.81 bits per heavy atom. The number of anilines is 3. The average molecular weight is 347 g/mol. The van der Waals surface area contributed by atoms with Crippen molar-refractivity contribution in [2.75, 3.05) is 10.2 Å². The minimum Gasteiger partial charge on any atom is -0.307 e. The molecule has 0 aromatic heterocycles. The summed E-state index contributed by atoms with van der Waals surface area (Å²) < 4.78 is 0. The van der Waals surface area contributed by atoms with Crippen molar-refractivity contribution in [2.24, 2.45) is 5.18 Å². The maximum atomic E-state index is 12.8. The molecule has 3 rings (SSSR count). The molecule has 26 heavy (non-hydrogen) atoms. The molecular formula is C21H21N3O2. The highest BCUT2D eigenvalue weighted by molar-refractivity contribution is 6.07. The van der Waals surface area contributed by atoms with E-state index in [0.717, 1.165) is 5.69 Å². The third-order valence-corrected chi connectivity index (χ3v) is 3.46. The topological polar surface area (TPSA) is 61.8 Å². The van der Waals surface area contributed by atoms with Gasteiger partial charge in [-0.2, -0.15) is 0 Å². The molecule has 0 aliphatic rings. The van der Waals surface area contributed by atoms with Crippen LogP contribution < -0.4 is 10.2 Å². The van der Waals surface area contributed by atoms with Crippen LogP contribution in [-0.2, 0) is 0 Å². The van der Waals surface area contributed by atoms with Gasteiger partial charge in [0, 0.05) is 5.69 Å². The molecule has 0 bridgehead atoms. The Hall–Kier alpha value is -3.47. The van der Waals surface area contributed by atoms with Gasteiger partial charge in [0.15, 0.2) is 0 Å². The predicted molar refractivity (Wildman–Crippen MR) is 107 cm³/mol. The van der Waals surface area contributed by atoms with Crippen LogP contribution in [0.5, 0.6) is 0 Å². The minimum absolute atomic E-state index is 0.292. The second-order valence-corrected chi connectivity index (χ2v) is 5.07. The first kappa shape index (κ1) is 18.9. The van der Waals surface area contributed by atoms with Gasteiger partial charge in [-0.1, -0.05) is 50.2 Å². The predicted octanol–water partition coefficient (Wildman–Crippen LogP) is 6.48. The molecule has 0 spiro atoms. The SMILES string of the molecule is CC.O=Nc1ccc(N(C(=O)Nc2ccccc2)c2ccccc2)cc1. The molecule has 0 saturated carbocycles. The Morgan fingerprint density at radius 2 is 1.27 bits per heavy atom. The number of urea groups is 1. The fourth-order valence-electron chi connectivity index (χ4n) is 2.32. The zero-order valence-electron chi connectivity index (χ0n) is 14.8. The third-order valence-electron chi connectivity index (χ3n) is 3.46. The summed E-state index contributed by atoms with van der Waals surface area (Å²) in [5.41, 5.74) is 2.38. The summed E-state index contributed by atoms with van der Waals surface area (Å²) in [4.78, 5) is 24.9. The van der Waals surface area contributed by atoms with E-state index in [9.17, 15) is 9.70 Å². The Kier molecular flexibility index (Phi) is 7.06. The van der Waals surface area contributed by atoms with Crippen molar-refractivity contribution in [3.05, 3.63) is 89.8 Å². The van der Waals surface area contributed by atoms with E-state index in [1.54, 1.807) is 29.2 Å². The Morgan fingerprint density at radius 1 is 0.769 bits per heavy atom. The van der Waals surface area contributed by atoms with E-state index in [1.807, 2.05) is 74.5 Å². The lowest BCUT2D eigenvalue weighted by Gasteiger charge is -2.23. The highest BCUT2D eigenvalue weighted by Crippen LogP contribution is 2.28. The monoisotopic (exact) mass is 347 g/mol. The first-order valence-electron chi connectivity index (χ1n) is 8.42. The van der Waals surface area contributed by atoms with Gasteiger partial charge in [-0.15, -0.1) is 4.91 Å². The molecule has 5 heteroatoms. The van der Waals surface area contributed by atoms with Crippen LogP contribution >= 0.6 is 0 Å². The van der Waals surface area contributed by atoms with Gasteiger partial charge in [0.1, 0.15) is 5.69 Å². The number of benzene rings is 3. The van der Waals surface area contributed by atoms with Crippen LogP contribution in [0.4, 0.5) is 27.5 Å². The first-order chi connectivity index (χ1) is 12.8. The fraction of sp³-hybridized carbons (Fsp3) is 0.0952. The molecule has 0 aliphatic heterocycles. The molecule has 5 nitrogen and oxygen atoms in total. The van der Waals surface area contributed by atoms with Gasteiger partial charge in [-0.25, -0.2) is 4.79 Å². The smallest absolute Gasteiger partial charge is 0.307 e. The van der Waals surface area contributed by atoms with E-state index < -0.39 is 0 Å². The summed E-state index contributed by atoms with van der Waals surface area (Å²) in [6, 6.07) is 24.8. The summed E-state index contributed by atoms with van der Waals surface area (Å²) in [5, 5.41) is 5.76. The van der Waals surface area contributed by atoms with Gasteiger partial charge in [0.25, 0.3) is 0 Å². The van der Waals surface area contributed by atoms with Gasteiger partial charge in [0.05, 0.1) is 11.4 Å². The van der Waals surface area contributed by atoms with Crippen molar-refractivity contribution in [1.82, 2.24) is 0 Å². The van der Waals surface area contributed by atoms with Crippen LogP contribution in [-0.4, -0.2) is 6.03 Å². The Bertz CT molecular complexity index is 819. The normalized spacial score (nSPS) is 9.46. The van der Waals surface area contributed by atoms with Crippen molar-refractivity contribution in [1.29, 1.82) is 0 Å². The maximum Gasteiger partial charge on any atom is 0.330 e. The third kappa shape index (κ3) is 4.77. The molecule has 0 fully saturated rings. The fourth-order valence-corrected chi connectivity index (χ4v) is 2.32. The molecule has 0 saturated heterocycles. The number of hydrogen-bond donors (Lipinski definition) is 1. The van der Waals surface area contributed by atoms with Crippen molar-refractivity contribution >= 4 is 28.8 Å². The number of carbonyl (C=O) groups excluding carboxylic acids is 1. The number of para-hydroxylation sites is 2. The molecule has 0 heterocycles. The largest absolute Gasteiger partial charge is 0.330 e. The van der Waals surface area contributed by atoms with Crippen molar-refractivity contribution in [3.63, 3.8) is 0 Å². The van der Waals surface area contributed by atoms with Crippen LogP contribution in [0.25, 0.3) is 0 Å². The lowest BCUT2D eigenvalue weighted by molar-refractivity contribution is 0.259. The summed E-state index contributed by atoms with van der Waals surface area (Å²) in [6.07, 6.45) is 0. The van der Waals surface area contributed by atoms with E-state index in [0.29, 0.717) is 17.1 Å². The number of nitrogens with one attached hydrogen (secondary N) is 1. The Labute approximate surface area is 153 Å². The lowest BCUT2D eigenvalue weighted by atomic mass is 10.2. The molecule has 2 amide bonds. The molecule has 0 radical (unpaired) electrons. The van der Waals surface area contributed by atoms with Crippen LogP contribution in [0.3, 0.4) is 0 Å². The quantitative estimate of drug-likeness (QED) is 0.549. The number of amides is 2. The average Bonchev–Trinajstić information content (AvgIpc) is 2.72. The summed E-state index contributed by atoms with van der Waals surface area (Å²) in [6.45, 7) is 4.00. The number of nitroso groups, excluding NO2 is 1. The first-order valence-corrected chi connectivity index (χ1v) is 8.42. The molecule has 0 unspecified atom stereocenters. The second kappa shape index (κ2) is 9.74. The van der Waals surface area contributed by atoms with Gasteiger partial charge >= 0.3 is 6.03 Å². The molecule has 3 aromatic rings. The van der Waals surface area contributed by atoms with Crippen LogP contribution in [0.15, 0.2) is 90.1 Å². The van der Waals surface area contributed by atoms with Crippen molar-refractivity contribution in [2.45, 2.75) is 13.8 Å². The highest BCUT2D eigenvalue weighted by Gasteiger charge is 2.18. The van der Waals surface area contributed by atoms with E-state index in [2.05, 4.69) is 10.5 Å². The Balaban J connectivity index is 0.00000117. The standard InChI is InChI=1S/C19H15N3O2.C2H6/c23-19(20-15-7-3-1-4-8-15)22(17-9-5-2-6-10-17)18-13-11-16(21-24)12-14-18;1-2/h1-14H,(H,20,23);1-2H3. The van der Waals surface area contributed by atoms with Gasteiger partial charge < -0.3 is 5.32 Å². The van der Waals surface area contributed by atoms with E-state index in [4.69, 9.17) is 0 Å². The molecule has 3 aromatic carbocycles.